The highest BCUT2D eigenvalue weighted by Gasteiger charge is 2.03. The van der Waals surface area contributed by atoms with E-state index in [2.05, 4.69) is 16.0 Å². The molecule has 0 aliphatic carbocycles. The molecule has 0 radical (unpaired) electrons. The molecule has 0 bridgehead atoms. The molecule has 0 aliphatic heterocycles. The van der Waals surface area contributed by atoms with Crippen molar-refractivity contribution in [3.63, 3.8) is 0 Å². The van der Waals surface area contributed by atoms with Crippen LogP contribution >= 0.6 is 0 Å². The van der Waals surface area contributed by atoms with Gasteiger partial charge < -0.3 is 16.0 Å². The van der Waals surface area contributed by atoms with Crippen LogP contribution in [0.25, 0.3) is 0 Å². The quantitative estimate of drug-likeness (QED) is 0.750. The molecule has 3 amide bonds. The number of urea groups is 1. The maximum Gasteiger partial charge on any atom is 0.318 e. The third-order valence-corrected chi connectivity index (χ3v) is 2.39. The smallest absolute Gasteiger partial charge is 0.318 e. The summed E-state index contributed by atoms with van der Waals surface area (Å²) in [5, 5.41) is 7.91. The number of unbranched alkanes of at least 4 members (excludes halogenated alkanes) is 1. The number of anilines is 2. The van der Waals surface area contributed by atoms with Crippen molar-refractivity contribution in [3.05, 3.63) is 24.3 Å². The van der Waals surface area contributed by atoms with Gasteiger partial charge in [-0.2, -0.15) is 0 Å². The predicted octanol–water partition coefficient (Wildman–Crippen LogP) is 2.57. The second kappa shape index (κ2) is 7.32. The second-order valence-corrected chi connectivity index (χ2v) is 3.94. The molecule has 3 N–H and O–H groups in total. The minimum Gasteiger partial charge on any atom is -0.341 e. The lowest BCUT2D eigenvalue weighted by molar-refractivity contribution is -0.116. The Morgan fingerprint density at radius 3 is 2.44 bits per heavy atom. The molecule has 98 valence electrons. The van der Waals surface area contributed by atoms with Crippen molar-refractivity contribution >= 4 is 23.3 Å². The average Bonchev–Trinajstić information content (AvgIpc) is 2.36. The molecule has 0 spiro atoms. The zero-order valence-corrected chi connectivity index (χ0v) is 10.7. The van der Waals surface area contributed by atoms with E-state index in [9.17, 15) is 9.59 Å². The Balaban J connectivity index is 2.59. The first-order valence-corrected chi connectivity index (χ1v) is 6.04. The van der Waals surface area contributed by atoms with Crippen LogP contribution in [-0.4, -0.2) is 19.0 Å². The summed E-state index contributed by atoms with van der Waals surface area (Å²) in [4.78, 5) is 22.7. The van der Waals surface area contributed by atoms with E-state index in [4.69, 9.17) is 0 Å². The summed E-state index contributed by atoms with van der Waals surface area (Å²) in [7, 11) is 1.55. The van der Waals surface area contributed by atoms with E-state index in [1.54, 1.807) is 31.3 Å². The lowest BCUT2D eigenvalue weighted by atomic mass is 10.2. The first-order valence-electron chi connectivity index (χ1n) is 6.04. The summed E-state index contributed by atoms with van der Waals surface area (Å²) in [6.45, 7) is 2.04. The van der Waals surface area contributed by atoms with E-state index >= 15 is 0 Å². The van der Waals surface area contributed by atoms with Gasteiger partial charge >= 0.3 is 6.03 Å². The molecular formula is C13H19N3O2. The Hall–Kier alpha value is -2.04. The molecule has 0 saturated carbocycles. The Morgan fingerprint density at radius 2 is 1.83 bits per heavy atom. The molecule has 5 nitrogen and oxygen atoms in total. The highest BCUT2D eigenvalue weighted by atomic mass is 16.2. The summed E-state index contributed by atoms with van der Waals surface area (Å²) in [5.41, 5.74) is 1.33. The molecule has 18 heavy (non-hydrogen) atoms. The van der Waals surface area contributed by atoms with Gasteiger partial charge in [0.25, 0.3) is 0 Å². The Morgan fingerprint density at radius 1 is 1.17 bits per heavy atom. The van der Waals surface area contributed by atoms with Gasteiger partial charge in [0, 0.05) is 24.8 Å². The highest BCUT2D eigenvalue weighted by Crippen LogP contribution is 2.15. The van der Waals surface area contributed by atoms with E-state index < -0.39 is 0 Å². The van der Waals surface area contributed by atoms with Crippen LogP contribution in [0.5, 0.6) is 0 Å². The number of nitrogens with one attached hydrogen (secondary N) is 3. The predicted molar refractivity (Wildman–Crippen MR) is 72.7 cm³/mol. The number of carbonyl (C=O) groups is 2. The number of hydrogen-bond acceptors (Lipinski definition) is 2. The van der Waals surface area contributed by atoms with E-state index in [1.807, 2.05) is 6.92 Å². The zero-order chi connectivity index (χ0) is 13.4. The van der Waals surface area contributed by atoms with Crippen LogP contribution in [0.4, 0.5) is 16.2 Å². The molecule has 1 rings (SSSR count). The van der Waals surface area contributed by atoms with Crippen molar-refractivity contribution in [2.75, 3.05) is 17.7 Å². The number of benzene rings is 1. The van der Waals surface area contributed by atoms with Gasteiger partial charge in [-0.1, -0.05) is 19.4 Å². The molecule has 0 fully saturated rings. The Bertz CT molecular complexity index is 418. The first kappa shape index (κ1) is 14.0. The van der Waals surface area contributed by atoms with Gasteiger partial charge in [-0.3, -0.25) is 4.79 Å². The van der Waals surface area contributed by atoms with Gasteiger partial charge in [0.05, 0.1) is 0 Å². The molecular weight excluding hydrogens is 230 g/mol. The summed E-state index contributed by atoms with van der Waals surface area (Å²) < 4.78 is 0. The lowest BCUT2D eigenvalue weighted by Gasteiger charge is -2.08. The van der Waals surface area contributed by atoms with Crippen LogP contribution < -0.4 is 16.0 Å². The SMILES string of the molecule is CCCCC(=O)Nc1cccc(NC(=O)NC)c1. The highest BCUT2D eigenvalue weighted by molar-refractivity contribution is 5.93. The van der Waals surface area contributed by atoms with E-state index in [0.29, 0.717) is 17.8 Å². The standard InChI is InChI=1S/C13H19N3O2/c1-3-4-8-12(17)15-10-6-5-7-11(9-10)16-13(18)14-2/h5-7,9H,3-4,8H2,1-2H3,(H,15,17)(H2,14,16,18). The zero-order valence-electron chi connectivity index (χ0n) is 10.7. The van der Waals surface area contributed by atoms with Crippen molar-refractivity contribution in [1.29, 1.82) is 0 Å². The molecule has 1 aromatic carbocycles. The minimum atomic E-state index is -0.288. The fraction of sp³-hybridized carbons (Fsp3) is 0.385. The largest absolute Gasteiger partial charge is 0.341 e. The third kappa shape index (κ3) is 4.86. The average molecular weight is 249 g/mol. The molecule has 1 aromatic rings. The number of rotatable bonds is 5. The van der Waals surface area contributed by atoms with E-state index in [0.717, 1.165) is 12.8 Å². The van der Waals surface area contributed by atoms with Crippen LogP contribution in [0.3, 0.4) is 0 Å². The molecule has 0 atom stereocenters. The molecule has 0 aromatic heterocycles. The third-order valence-electron chi connectivity index (χ3n) is 2.39. The topological polar surface area (TPSA) is 70.2 Å². The second-order valence-electron chi connectivity index (χ2n) is 3.94. The number of amides is 3. The number of hydrogen-bond donors (Lipinski definition) is 3. The lowest BCUT2D eigenvalue weighted by Crippen LogP contribution is -2.24. The van der Waals surface area contributed by atoms with Crippen molar-refractivity contribution in [2.24, 2.45) is 0 Å². The Labute approximate surface area is 107 Å². The fourth-order valence-electron chi connectivity index (χ4n) is 1.43. The van der Waals surface area contributed by atoms with Crippen molar-refractivity contribution in [2.45, 2.75) is 26.2 Å². The van der Waals surface area contributed by atoms with Crippen LogP contribution in [0, 0.1) is 0 Å². The van der Waals surface area contributed by atoms with Gasteiger partial charge in [0.2, 0.25) is 5.91 Å². The summed E-state index contributed by atoms with van der Waals surface area (Å²) in [6, 6.07) is 6.76. The number of carbonyl (C=O) groups excluding carboxylic acids is 2. The monoisotopic (exact) mass is 249 g/mol. The molecule has 0 heterocycles. The van der Waals surface area contributed by atoms with Gasteiger partial charge in [-0.15, -0.1) is 0 Å². The van der Waals surface area contributed by atoms with Crippen LogP contribution in [0.15, 0.2) is 24.3 Å². The van der Waals surface area contributed by atoms with Gasteiger partial charge in [0.15, 0.2) is 0 Å². The molecule has 0 aliphatic rings. The van der Waals surface area contributed by atoms with Crippen LogP contribution in [0.1, 0.15) is 26.2 Å². The fourth-order valence-corrected chi connectivity index (χ4v) is 1.43. The Kier molecular flexibility index (Phi) is 5.70. The van der Waals surface area contributed by atoms with Gasteiger partial charge in [-0.05, 0) is 24.6 Å². The first-order chi connectivity index (χ1) is 8.65. The minimum absolute atomic E-state index is 0.00561. The van der Waals surface area contributed by atoms with Gasteiger partial charge in [-0.25, -0.2) is 4.79 Å². The summed E-state index contributed by atoms with van der Waals surface area (Å²) in [5.74, 6) is -0.00561. The molecule has 0 unspecified atom stereocenters. The van der Waals surface area contributed by atoms with Crippen LogP contribution in [0.2, 0.25) is 0 Å². The normalized spacial score (nSPS) is 9.67. The summed E-state index contributed by atoms with van der Waals surface area (Å²) >= 11 is 0. The molecule has 5 heteroatoms. The van der Waals surface area contributed by atoms with Crippen LogP contribution in [-0.2, 0) is 4.79 Å². The van der Waals surface area contributed by atoms with E-state index in [1.165, 1.54) is 0 Å². The van der Waals surface area contributed by atoms with Crippen molar-refractivity contribution in [3.8, 4) is 0 Å². The van der Waals surface area contributed by atoms with Crippen molar-refractivity contribution in [1.82, 2.24) is 5.32 Å². The maximum absolute atomic E-state index is 11.6. The molecule has 0 saturated heterocycles. The van der Waals surface area contributed by atoms with E-state index in [-0.39, 0.29) is 11.9 Å². The van der Waals surface area contributed by atoms with Gasteiger partial charge in [0.1, 0.15) is 0 Å². The summed E-state index contributed by atoms with van der Waals surface area (Å²) in [6.07, 6.45) is 2.39. The van der Waals surface area contributed by atoms with Crippen molar-refractivity contribution < 1.29 is 9.59 Å². The maximum atomic E-state index is 11.6.